The van der Waals surface area contributed by atoms with E-state index in [1.807, 2.05) is 0 Å². The van der Waals surface area contributed by atoms with Crippen LogP contribution in [0.25, 0.3) is 0 Å². The summed E-state index contributed by atoms with van der Waals surface area (Å²) in [5, 5.41) is 12.9. The number of rotatable bonds is 5. The number of nitro groups is 1. The van der Waals surface area contributed by atoms with Gasteiger partial charge in [-0.25, -0.2) is 17.6 Å². The lowest BCUT2D eigenvalue weighted by atomic mass is 9.79. The standard InChI is InChI=1S/C14H16F4N2O2S/c1-8(20(21)22)6-10(16)11(17)9(2)13(3)4-5-14(18,7-15)12(23)19-13/h6H,2,4-5,7H2,1,3H3,(H,19,23)/b8-6+,11-10-/t13-,14-/m0/s1. The van der Waals surface area contributed by atoms with Crippen molar-refractivity contribution in [2.45, 2.75) is 37.9 Å². The molecular formula is C14H16F4N2O2S. The smallest absolute Gasteiger partial charge is 0.246 e. The molecule has 1 rings (SSSR count). The molecule has 23 heavy (non-hydrogen) atoms. The Morgan fingerprint density at radius 3 is 2.52 bits per heavy atom. The van der Waals surface area contributed by atoms with Gasteiger partial charge in [-0.3, -0.25) is 10.1 Å². The highest BCUT2D eigenvalue weighted by atomic mass is 32.1. The van der Waals surface area contributed by atoms with Crippen LogP contribution in [-0.4, -0.2) is 27.8 Å². The van der Waals surface area contributed by atoms with Crippen molar-refractivity contribution in [3.05, 3.63) is 45.7 Å². The number of halogens is 4. The summed E-state index contributed by atoms with van der Waals surface area (Å²) < 4.78 is 54.7. The Kier molecular flexibility index (Phi) is 5.68. The molecule has 1 fully saturated rings. The minimum atomic E-state index is -2.34. The van der Waals surface area contributed by atoms with Gasteiger partial charge in [-0.1, -0.05) is 18.8 Å². The summed E-state index contributed by atoms with van der Waals surface area (Å²) in [6, 6.07) is 0. The van der Waals surface area contributed by atoms with Gasteiger partial charge in [0.15, 0.2) is 17.3 Å². The fourth-order valence-electron chi connectivity index (χ4n) is 2.03. The second-order valence-electron chi connectivity index (χ2n) is 5.57. The molecule has 0 unspecified atom stereocenters. The zero-order chi connectivity index (χ0) is 18.0. The molecule has 0 aliphatic carbocycles. The van der Waals surface area contributed by atoms with Gasteiger partial charge in [0.2, 0.25) is 5.70 Å². The molecule has 4 nitrogen and oxygen atoms in total. The molecule has 1 saturated heterocycles. The van der Waals surface area contributed by atoms with E-state index in [0.717, 1.165) is 6.92 Å². The van der Waals surface area contributed by atoms with Crippen molar-refractivity contribution in [3.8, 4) is 0 Å². The lowest BCUT2D eigenvalue weighted by Crippen LogP contribution is -2.59. The van der Waals surface area contributed by atoms with Crippen LogP contribution in [0.3, 0.4) is 0 Å². The van der Waals surface area contributed by atoms with E-state index in [2.05, 4.69) is 11.9 Å². The van der Waals surface area contributed by atoms with E-state index in [9.17, 15) is 27.7 Å². The van der Waals surface area contributed by atoms with Gasteiger partial charge in [0.05, 0.1) is 10.5 Å². The first-order valence-corrected chi connectivity index (χ1v) is 7.03. The number of thiocarbonyl (C=S) groups is 1. The Hall–Kier alpha value is -1.77. The molecule has 0 saturated carbocycles. The van der Waals surface area contributed by atoms with Crippen LogP contribution in [0.2, 0.25) is 0 Å². The molecule has 1 aliphatic rings. The average Bonchev–Trinajstić information content (AvgIpc) is 2.49. The lowest BCUT2D eigenvalue weighted by molar-refractivity contribution is -0.424. The van der Waals surface area contributed by atoms with Crippen molar-refractivity contribution in [2.75, 3.05) is 6.67 Å². The minimum Gasteiger partial charge on any atom is -0.368 e. The van der Waals surface area contributed by atoms with E-state index in [1.165, 1.54) is 6.92 Å². The lowest BCUT2D eigenvalue weighted by Gasteiger charge is -2.42. The second kappa shape index (κ2) is 6.77. The second-order valence-corrected chi connectivity index (χ2v) is 5.98. The maximum absolute atomic E-state index is 14.1. The van der Waals surface area contributed by atoms with Gasteiger partial charge < -0.3 is 5.32 Å². The molecule has 128 valence electrons. The summed E-state index contributed by atoms with van der Waals surface area (Å²) >= 11 is 4.76. The molecule has 0 aromatic carbocycles. The van der Waals surface area contributed by atoms with E-state index in [4.69, 9.17) is 12.2 Å². The fraction of sp³-hybridized carbons (Fsp3) is 0.500. The predicted octanol–water partition coefficient (Wildman–Crippen LogP) is 4.02. The third-order valence-corrected chi connectivity index (χ3v) is 4.26. The van der Waals surface area contributed by atoms with Crippen molar-refractivity contribution in [2.24, 2.45) is 0 Å². The number of hydrogen-bond donors (Lipinski definition) is 1. The summed E-state index contributed by atoms with van der Waals surface area (Å²) in [5.41, 5.74) is -4.64. The Bertz CT molecular complexity index is 620. The van der Waals surface area contributed by atoms with Crippen LogP contribution in [0.4, 0.5) is 17.6 Å². The van der Waals surface area contributed by atoms with Crippen molar-refractivity contribution in [1.82, 2.24) is 5.32 Å². The van der Waals surface area contributed by atoms with Gasteiger partial charge in [0.1, 0.15) is 11.7 Å². The van der Waals surface area contributed by atoms with Crippen LogP contribution in [0.15, 0.2) is 35.6 Å². The first-order valence-electron chi connectivity index (χ1n) is 6.62. The minimum absolute atomic E-state index is 0.0783. The maximum Gasteiger partial charge on any atom is 0.246 e. The zero-order valence-electron chi connectivity index (χ0n) is 12.6. The first kappa shape index (κ1) is 19.3. The first-order chi connectivity index (χ1) is 10.5. The van der Waals surface area contributed by atoms with E-state index in [-0.39, 0.29) is 18.4 Å². The van der Waals surface area contributed by atoms with Crippen molar-refractivity contribution >= 4 is 17.2 Å². The highest BCUT2D eigenvalue weighted by molar-refractivity contribution is 7.80. The molecule has 2 atom stereocenters. The predicted molar refractivity (Wildman–Crippen MR) is 82.3 cm³/mol. The molecule has 0 aromatic rings. The normalized spacial score (nSPS) is 29.7. The topological polar surface area (TPSA) is 55.2 Å². The largest absolute Gasteiger partial charge is 0.368 e. The van der Waals surface area contributed by atoms with Crippen LogP contribution in [0.5, 0.6) is 0 Å². The molecule has 1 N–H and O–H groups in total. The van der Waals surface area contributed by atoms with Gasteiger partial charge in [-0.05, 0) is 19.8 Å². The summed E-state index contributed by atoms with van der Waals surface area (Å²) in [4.78, 5) is 9.12. The Morgan fingerprint density at radius 1 is 1.52 bits per heavy atom. The van der Waals surface area contributed by atoms with Gasteiger partial charge >= 0.3 is 0 Å². The molecule has 0 bridgehead atoms. The van der Waals surface area contributed by atoms with Crippen LogP contribution in [-0.2, 0) is 0 Å². The Balaban J connectivity index is 3.07. The van der Waals surface area contributed by atoms with Crippen LogP contribution < -0.4 is 5.32 Å². The number of allylic oxidation sites excluding steroid dienone is 3. The summed E-state index contributed by atoms with van der Waals surface area (Å²) in [6.07, 6.45) is 0.0284. The summed E-state index contributed by atoms with van der Waals surface area (Å²) in [7, 11) is 0. The Morgan fingerprint density at radius 2 is 2.09 bits per heavy atom. The zero-order valence-corrected chi connectivity index (χ0v) is 13.4. The molecule has 0 aromatic heterocycles. The third kappa shape index (κ3) is 3.95. The van der Waals surface area contributed by atoms with Crippen LogP contribution in [0.1, 0.15) is 26.7 Å². The monoisotopic (exact) mass is 352 g/mol. The van der Waals surface area contributed by atoms with E-state index in [1.54, 1.807) is 0 Å². The van der Waals surface area contributed by atoms with Crippen molar-refractivity contribution in [3.63, 3.8) is 0 Å². The fourth-order valence-corrected chi connectivity index (χ4v) is 2.41. The van der Waals surface area contributed by atoms with Gasteiger partial charge in [0, 0.05) is 18.6 Å². The number of nitrogens with one attached hydrogen (secondary N) is 1. The molecular weight excluding hydrogens is 336 g/mol. The van der Waals surface area contributed by atoms with Gasteiger partial charge in [-0.15, -0.1) is 0 Å². The van der Waals surface area contributed by atoms with Gasteiger partial charge in [0.25, 0.3) is 0 Å². The average molecular weight is 352 g/mol. The summed E-state index contributed by atoms with van der Waals surface area (Å²) in [6.45, 7) is 4.52. The Labute approximate surface area is 136 Å². The van der Waals surface area contributed by atoms with E-state index in [0.29, 0.717) is 6.08 Å². The quantitative estimate of drug-likeness (QED) is 0.267. The highest BCUT2D eigenvalue weighted by Crippen LogP contribution is 2.38. The van der Waals surface area contributed by atoms with Crippen molar-refractivity contribution in [1.29, 1.82) is 0 Å². The van der Waals surface area contributed by atoms with E-state index >= 15 is 0 Å². The number of piperidine rings is 1. The number of nitrogens with zero attached hydrogens (tertiary/aromatic N) is 1. The number of alkyl halides is 2. The van der Waals surface area contributed by atoms with Gasteiger partial charge in [-0.2, -0.15) is 0 Å². The van der Waals surface area contributed by atoms with Crippen LogP contribution >= 0.6 is 12.2 Å². The molecule has 1 aliphatic heterocycles. The highest BCUT2D eigenvalue weighted by Gasteiger charge is 2.46. The maximum atomic E-state index is 14.1. The van der Waals surface area contributed by atoms with Crippen molar-refractivity contribution < 1.29 is 22.5 Å². The molecule has 0 radical (unpaired) electrons. The molecule has 9 heteroatoms. The molecule has 0 spiro atoms. The number of hydrogen-bond acceptors (Lipinski definition) is 3. The molecule has 0 amide bonds. The SMILES string of the molecule is C=C(/C(F)=C(F)\C=C(/C)[N+](=O)[O-])[C@]1(C)CC[C@](F)(CF)C(=S)N1. The third-order valence-electron chi connectivity index (χ3n) is 3.79. The van der Waals surface area contributed by atoms with Crippen LogP contribution in [0, 0.1) is 10.1 Å². The molecule has 1 heterocycles. The summed E-state index contributed by atoms with van der Waals surface area (Å²) in [5.74, 6) is -2.88. The van der Waals surface area contributed by atoms with E-state index < -0.39 is 45.1 Å².